The lowest BCUT2D eigenvalue weighted by Crippen LogP contribution is -2.50. The average Bonchev–Trinajstić information content (AvgIpc) is 2.80. The van der Waals surface area contributed by atoms with Crippen molar-refractivity contribution >= 4 is 11.8 Å². The predicted octanol–water partition coefficient (Wildman–Crippen LogP) is 4.30. The fourth-order valence-corrected chi connectivity index (χ4v) is 3.23. The van der Waals surface area contributed by atoms with Gasteiger partial charge >= 0.3 is 0 Å². The SMILES string of the molecule is CCC(C)(C)NC(=O)[C@H](c1ccc(F)cc1)N(Cc1ccccc1)C(=O)c1cnccn1. The minimum atomic E-state index is -0.990. The van der Waals surface area contributed by atoms with Crippen molar-refractivity contribution in [2.45, 2.75) is 45.3 Å². The zero-order valence-corrected chi connectivity index (χ0v) is 18.5. The molecule has 0 unspecified atom stereocenters. The van der Waals surface area contributed by atoms with Gasteiger partial charge in [0.25, 0.3) is 5.91 Å². The summed E-state index contributed by atoms with van der Waals surface area (Å²) in [5, 5.41) is 3.03. The van der Waals surface area contributed by atoms with Gasteiger partial charge in [0, 0.05) is 24.5 Å². The van der Waals surface area contributed by atoms with Crippen molar-refractivity contribution in [1.82, 2.24) is 20.2 Å². The van der Waals surface area contributed by atoms with Crippen LogP contribution >= 0.6 is 0 Å². The van der Waals surface area contributed by atoms with E-state index in [0.717, 1.165) is 5.56 Å². The molecule has 32 heavy (non-hydrogen) atoms. The third-order valence-electron chi connectivity index (χ3n) is 5.33. The Kier molecular flexibility index (Phi) is 7.30. The van der Waals surface area contributed by atoms with Gasteiger partial charge in [0.1, 0.15) is 17.6 Å². The number of aromatic nitrogens is 2. The first-order valence-electron chi connectivity index (χ1n) is 10.5. The van der Waals surface area contributed by atoms with Crippen LogP contribution in [0.15, 0.2) is 73.2 Å². The van der Waals surface area contributed by atoms with Gasteiger partial charge in [-0.15, -0.1) is 0 Å². The van der Waals surface area contributed by atoms with Crippen molar-refractivity contribution in [3.05, 3.63) is 95.8 Å². The number of amides is 2. The van der Waals surface area contributed by atoms with E-state index in [1.165, 1.54) is 47.8 Å². The van der Waals surface area contributed by atoms with E-state index in [9.17, 15) is 14.0 Å². The number of nitrogens with zero attached hydrogens (tertiary/aromatic N) is 3. The maximum absolute atomic E-state index is 13.6. The van der Waals surface area contributed by atoms with Gasteiger partial charge in [0.15, 0.2) is 0 Å². The van der Waals surface area contributed by atoms with Gasteiger partial charge in [-0.2, -0.15) is 0 Å². The summed E-state index contributed by atoms with van der Waals surface area (Å²) in [5.74, 6) is -1.21. The lowest BCUT2D eigenvalue weighted by atomic mass is 9.98. The highest BCUT2D eigenvalue weighted by molar-refractivity contribution is 5.96. The number of halogens is 1. The van der Waals surface area contributed by atoms with Crippen LogP contribution in [0.4, 0.5) is 4.39 Å². The largest absolute Gasteiger partial charge is 0.349 e. The minimum absolute atomic E-state index is 0.123. The molecule has 2 aromatic carbocycles. The molecule has 3 aromatic rings. The fourth-order valence-electron chi connectivity index (χ4n) is 3.23. The Morgan fingerprint density at radius 2 is 1.75 bits per heavy atom. The molecular formula is C25H27FN4O2. The molecule has 0 aliphatic carbocycles. The van der Waals surface area contributed by atoms with Crippen LogP contribution in [0, 0.1) is 5.82 Å². The zero-order valence-electron chi connectivity index (χ0n) is 18.5. The minimum Gasteiger partial charge on any atom is -0.349 e. The standard InChI is InChI=1S/C25H27FN4O2/c1-4-25(2,3)29-23(31)22(19-10-12-20(26)13-11-19)30(17-18-8-6-5-7-9-18)24(32)21-16-27-14-15-28-21/h5-16,22H,4,17H2,1-3H3,(H,29,31)/t22-/m0/s1. The molecule has 1 aromatic heterocycles. The van der Waals surface area contributed by atoms with E-state index >= 15 is 0 Å². The normalized spacial score (nSPS) is 12.1. The van der Waals surface area contributed by atoms with Crippen molar-refractivity contribution in [2.75, 3.05) is 0 Å². The highest BCUT2D eigenvalue weighted by Gasteiger charge is 2.35. The zero-order chi connectivity index (χ0) is 23.1. The van der Waals surface area contributed by atoms with E-state index < -0.39 is 23.3 Å². The Bertz CT molecular complexity index is 1040. The number of hydrogen-bond donors (Lipinski definition) is 1. The Balaban J connectivity index is 2.09. The first-order valence-corrected chi connectivity index (χ1v) is 10.5. The van der Waals surface area contributed by atoms with E-state index in [0.29, 0.717) is 12.0 Å². The molecular weight excluding hydrogens is 407 g/mol. The molecule has 0 aliphatic rings. The van der Waals surface area contributed by atoms with Crippen molar-refractivity contribution < 1.29 is 14.0 Å². The van der Waals surface area contributed by atoms with Crippen LogP contribution in [-0.2, 0) is 11.3 Å². The molecule has 0 bridgehead atoms. The van der Waals surface area contributed by atoms with E-state index in [-0.39, 0.29) is 18.1 Å². The van der Waals surface area contributed by atoms with Gasteiger partial charge in [-0.05, 0) is 43.5 Å². The van der Waals surface area contributed by atoms with Crippen molar-refractivity contribution in [3.63, 3.8) is 0 Å². The number of rotatable bonds is 8. The van der Waals surface area contributed by atoms with Crippen LogP contribution < -0.4 is 5.32 Å². The summed E-state index contributed by atoms with van der Waals surface area (Å²) in [4.78, 5) is 36.7. The van der Waals surface area contributed by atoms with Crippen LogP contribution in [0.2, 0.25) is 0 Å². The number of hydrogen-bond acceptors (Lipinski definition) is 4. The fraction of sp³-hybridized carbons (Fsp3) is 0.280. The van der Waals surface area contributed by atoms with Crippen molar-refractivity contribution in [2.24, 2.45) is 0 Å². The molecule has 0 saturated carbocycles. The summed E-state index contributed by atoms with van der Waals surface area (Å²) in [6.45, 7) is 5.97. The molecule has 0 radical (unpaired) electrons. The lowest BCUT2D eigenvalue weighted by Gasteiger charge is -2.34. The monoisotopic (exact) mass is 434 g/mol. The lowest BCUT2D eigenvalue weighted by molar-refractivity contribution is -0.127. The Labute approximate surface area is 187 Å². The highest BCUT2D eigenvalue weighted by atomic mass is 19.1. The molecule has 6 nitrogen and oxygen atoms in total. The Morgan fingerprint density at radius 1 is 1.06 bits per heavy atom. The number of benzene rings is 2. The quantitative estimate of drug-likeness (QED) is 0.573. The second kappa shape index (κ2) is 10.1. The first-order chi connectivity index (χ1) is 15.3. The van der Waals surface area contributed by atoms with Gasteiger partial charge in [-0.3, -0.25) is 14.6 Å². The average molecular weight is 435 g/mol. The van der Waals surface area contributed by atoms with Gasteiger partial charge < -0.3 is 10.2 Å². The van der Waals surface area contributed by atoms with Gasteiger partial charge in [0.2, 0.25) is 5.91 Å². The number of nitrogens with one attached hydrogen (secondary N) is 1. The summed E-state index contributed by atoms with van der Waals surface area (Å²) in [6.07, 6.45) is 4.98. The molecule has 2 amide bonds. The number of carbonyl (C=O) groups is 2. The summed E-state index contributed by atoms with van der Waals surface area (Å²) < 4.78 is 13.6. The molecule has 0 fully saturated rings. The first kappa shape index (κ1) is 23.1. The van der Waals surface area contributed by atoms with Gasteiger partial charge in [-0.1, -0.05) is 49.4 Å². The van der Waals surface area contributed by atoms with Crippen LogP contribution in [0.1, 0.15) is 54.8 Å². The summed E-state index contributed by atoms with van der Waals surface area (Å²) in [5.41, 5.74) is 0.991. The Hall–Kier alpha value is -3.61. The number of carbonyl (C=O) groups excluding carboxylic acids is 2. The van der Waals surface area contributed by atoms with Crippen molar-refractivity contribution in [3.8, 4) is 0 Å². The highest BCUT2D eigenvalue weighted by Crippen LogP contribution is 2.27. The van der Waals surface area contributed by atoms with Crippen molar-refractivity contribution in [1.29, 1.82) is 0 Å². The molecule has 0 saturated heterocycles. The molecule has 7 heteroatoms. The molecule has 0 aliphatic heterocycles. The second-order valence-corrected chi connectivity index (χ2v) is 8.19. The molecule has 1 N–H and O–H groups in total. The molecule has 0 spiro atoms. The molecule has 1 heterocycles. The van der Waals surface area contributed by atoms with Crippen LogP contribution in [0.3, 0.4) is 0 Å². The van der Waals surface area contributed by atoms with Gasteiger partial charge in [0.05, 0.1) is 6.20 Å². The van der Waals surface area contributed by atoms with Crippen LogP contribution in [0.25, 0.3) is 0 Å². The predicted molar refractivity (Wildman–Crippen MR) is 120 cm³/mol. The summed E-state index contributed by atoms with van der Waals surface area (Å²) in [6, 6.07) is 14.0. The summed E-state index contributed by atoms with van der Waals surface area (Å²) in [7, 11) is 0. The summed E-state index contributed by atoms with van der Waals surface area (Å²) >= 11 is 0. The topological polar surface area (TPSA) is 75.2 Å². The second-order valence-electron chi connectivity index (χ2n) is 8.19. The third kappa shape index (κ3) is 5.75. The van der Waals surface area contributed by atoms with E-state index in [2.05, 4.69) is 15.3 Å². The van der Waals surface area contributed by atoms with Crippen LogP contribution in [-0.4, -0.2) is 32.2 Å². The van der Waals surface area contributed by atoms with Gasteiger partial charge in [-0.25, -0.2) is 9.37 Å². The molecule has 166 valence electrons. The van der Waals surface area contributed by atoms with E-state index in [1.807, 2.05) is 51.1 Å². The Morgan fingerprint density at radius 3 is 2.34 bits per heavy atom. The van der Waals surface area contributed by atoms with E-state index in [1.54, 1.807) is 0 Å². The smallest absolute Gasteiger partial charge is 0.275 e. The molecule has 1 atom stereocenters. The maximum atomic E-state index is 13.6. The molecule has 3 rings (SSSR count). The van der Waals surface area contributed by atoms with Crippen LogP contribution in [0.5, 0.6) is 0 Å². The maximum Gasteiger partial charge on any atom is 0.275 e. The van der Waals surface area contributed by atoms with E-state index in [4.69, 9.17) is 0 Å². The third-order valence-corrected chi connectivity index (χ3v) is 5.33.